The van der Waals surface area contributed by atoms with Crippen LogP contribution in [0.4, 0.5) is 0 Å². The number of halogens is 1. The van der Waals surface area contributed by atoms with E-state index in [1.807, 2.05) is 24.3 Å². The first kappa shape index (κ1) is 14.0. The maximum absolute atomic E-state index is 8.70. The van der Waals surface area contributed by atoms with Crippen molar-refractivity contribution in [3.63, 3.8) is 0 Å². The first-order valence-corrected chi connectivity index (χ1v) is 6.42. The number of nitrogens with zero attached hydrogens (tertiary/aromatic N) is 2. The van der Waals surface area contributed by atoms with Gasteiger partial charge in [-0.2, -0.15) is 5.26 Å². The van der Waals surface area contributed by atoms with E-state index in [2.05, 4.69) is 40.7 Å². The smallest absolute Gasteiger partial charge is 0.120 e. The number of hydrogen-bond acceptors (Lipinski definition) is 3. The fraction of sp³-hybridized carbons (Fsp3) is 0.462. The second-order valence-electron chi connectivity index (χ2n) is 4.03. The molecule has 1 aromatic carbocycles. The molecule has 4 heteroatoms. The van der Waals surface area contributed by atoms with Gasteiger partial charge in [0.25, 0.3) is 0 Å². The molecule has 0 aliphatic rings. The highest BCUT2D eigenvalue weighted by Gasteiger charge is 2.08. The molecule has 0 N–H and O–H groups in total. The molecule has 1 rings (SSSR count). The van der Waals surface area contributed by atoms with Gasteiger partial charge in [-0.15, -0.1) is 0 Å². The Labute approximate surface area is 111 Å². The van der Waals surface area contributed by atoms with Crippen molar-refractivity contribution in [2.24, 2.45) is 0 Å². The molecule has 0 unspecified atom stereocenters. The zero-order valence-electron chi connectivity index (χ0n) is 10.2. The molecule has 0 aliphatic carbocycles. The van der Waals surface area contributed by atoms with Gasteiger partial charge in [-0.1, -0.05) is 22.0 Å². The van der Waals surface area contributed by atoms with Crippen LogP contribution < -0.4 is 4.74 Å². The van der Waals surface area contributed by atoms with Crippen LogP contribution in [0.25, 0.3) is 0 Å². The van der Waals surface area contributed by atoms with Crippen LogP contribution in [0.2, 0.25) is 0 Å². The minimum Gasteiger partial charge on any atom is -0.492 e. The molecule has 0 heterocycles. The number of hydrogen-bond donors (Lipinski definition) is 0. The Balaban J connectivity index is 2.38. The predicted molar refractivity (Wildman–Crippen MR) is 72.0 cm³/mol. The van der Waals surface area contributed by atoms with Crippen LogP contribution in [0.3, 0.4) is 0 Å². The summed E-state index contributed by atoms with van der Waals surface area (Å²) >= 11 is 3.40. The molecular weight excluding hydrogens is 280 g/mol. The molecule has 0 aliphatic heterocycles. The Kier molecular flexibility index (Phi) is 6.03. The zero-order chi connectivity index (χ0) is 12.7. The van der Waals surface area contributed by atoms with E-state index in [1.54, 1.807) is 0 Å². The van der Waals surface area contributed by atoms with Gasteiger partial charge in [-0.25, -0.2) is 0 Å². The molecule has 0 amide bonds. The molecule has 0 aromatic heterocycles. The summed E-state index contributed by atoms with van der Waals surface area (Å²) in [7, 11) is 0. The van der Waals surface area contributed by atoms with Crippen molar-refractivity contribution in [1.29, 1.82) is 5.26 Å². The fourth-order valence-electron chi connectivity index (χ4n) is 1.45. The molecule has 0 bridgehead atoms. The average molecular weight is 297 g/mol. The summed E-state index contributed by atoms with van der Waals surface area (Å²) in [6, 6.07) is 10.3. The predicted octanol–water partition coefficient (Wildman–Crippen LogP) is 3.06. The SMILES string of the molecule is CC(C)N(CC#N)CCOc1cccc(Br)c1. The standard InChI is InChI=1S/C13H17BrN2O/c1-11(2)16(7-6-15)8-9-17-13-5-3-4-12(14)10-13/h3-5,10-11H,7-9H2,1-2H3. The van der Waals surface area contributed by atoms with Crippen LogP contribution in [0.5, 0.6) is 5.75 Å². The summed E-state index contributed by atoms with van der Waals surface area (Å²) in [5.41, 5.74) is 0. The molecule has 1 aromatic rings. The first-order chi connectivity index (χ1) is 8.13. The molecule has 0 fully saturated rings. The highest BCUT2D eigenvalue weighted by atomic mass is 79.9. The molecule has 92 valence electrons. The van der Waals surface area contributed by atoms with Gasteiger partial charge in [0.1, 0.15) is 12.4 Å². The quantitative estimate of drug-likeness (QED) is 0.757. The molecule has 17 heavy (non-hydrogen) atoms. The Hall–Kier alpha value is -1.05. The second-order valence-corrected chi connectivity index (χ2v) is 4.94. The topological polar surface area (TPSA) is 36.3 Å². The number of rotatable bonds is 6. The minimum atomic E-state index is 0.362. The summed E-state index contributed by atoms with van der Waals surface area (Å²) in [5.74, 6) is 0.847. The zero-order valence-corrected chi connectivity index (χ0v) is 11.8. The third-order valence-electron chi connectivity index (χ3n) is 2.45. The average Bonchev–Trinajstić information content (AvgIpc) is 2.28. The lowest BCUT2D eigenvalue weighted by Crippen LogP contribution is -2.34. The van der Waals surface area contributed by atoms with E-state index in [0.717, 1.165) is 16.8 Å². The van der Waals surface area contributed by atoms with Gasteiger partial charge >= 0.3 is 0 Å². The maximum atomic E-state index is 8.70. The van der Waals surface area contributed by atoms with Crippen molar-refractivity contribution in [2.45, 2.75) is 19.9 Å². The fourth-order valence-corrected chi connectivity index (χ4v) is 1.83. The van der Waals surface area contributed by atoms with E-state index in [4.69, 9.17) is 10.00 Å². The number of nitriles is 1. The van der Waals surface area contributed by atoms with E-state index < -0.39 is 0 Å². The lowest BCUT2D eigenvalue weighted by atomic mass is 10.3. The highest BCUT2D eigenvalue weighted by molar-refractivity contribution is 9.10. The first-order valence-electron chi connectivity index (χ1n) is 5.63. The van der Waals surface area contributed by atoms with Crippen LogP contribution in [0, 0.1) is 11.3 Å². The van der Waals surface area contributed by atoms with Gasteiger partial charge in [0, 0.05) is 17.1 Å². The maximum Gasteiger partial charge on any atom is 0.120 e. The van der Waals surface area contributed by atoms with Crippen LogP contribution in [-0.2, 0) is 0 Å². The normalized spacial score (nSPS) is 10.6. The summed E-state index contributed by atoms with van der Waals surface area (Å²) in [6.45, 7) is 5.96. The number of benzene rings is 1. The molecule has 0 atom stereocenters. The van der Waals surface area contributed by atoms with Crippen molar-refractivity contribution < 1.29 is 4.74 Å². The van der Waals surface area contributed by atoms with Gasteiger partial charge in [0.2, 0.25) is 0 Å². The van der Waals surface area contributed by atoms with Gasteiger partial charge in [-0.05, 0) is 32.0 Å². The Morgan fingerprint density at radius 3 is 2.82 bits per heavy atom. The van der Waals surface area contributed by atoms with E-state index in [-0.39, 0.29) is 0 Å². The third kappa shape index (κ3) is 5.20. The van der Waals surface area contributed by atoms with Crippen LogP contribution >= 0.6 is 15.9 Å². The summed E-state index contributed by atoms with van der Waals surface area (Å²) in [5, 5.41) is 8.70. The van der Waals surface area contributed by atoms with Crippen LogP contribution in [0.15, 0.2) is 28.7 Å². The van der Waals surface area contributed by atoms with Gasteiger partial charge in [0.15, 0.2) is 0 Å². The number of ether oxygens (including phenoxy) is 1. The Bertz CT molecular complexity index is 387. The van der Waals surface area contributed by atoms with Gasteiger partial charge in [-0.3, -0.25) is 4.90 Å². The summed E-state index contributed by atoms with van der Waals surface area (Å²) in [6.07, 6.45) is 0. The monoisotopic (exact) mass is 296 g/mol. The van der Waals surface area contributed by atoms with E-state index >= 15 is 0 Å². The third-order valence-corrected chi connectivity index (χ3v) is 2.94. The van der Waals surface area contributed by atoms with Crippen molar-refractivity contribution in [3.8, 4) is 11.8 Å². The molecule has 0 saturated carbocycles. The van der Waals surface area contributed by atoms with Crippen molar-refractivity contribution in [3.05, 3.63) is 28.7 Å². The van der Waals surface area contributed by atoms with E-state index in [1.165, 1.54) is 0 Å². The lowest BCUT2D eigenvalue weighted by molar-refractivity contribution is 0.193. The second kappa shape index (κ2) is 7.31. The van der Waals surface area contributed by atoms with E-state index in [9.17, 15) is 0 Å². The molecule has 3 nitrogen and oxygen atoms in total. The molecular formula is C13H17BrN2O. The summed E-state index contributed by atoms with van der Waals surface area (Å²) < 4.78 is 6.64. The van der Waals surface area contributed by atoms with Gasteiger partial charge < -0.3 is 4.74 Å². The van der Waals surface area contributed by atoms with Crippen molar-refractivity contribution >= 4 is 15.9 Å². The van der Waals surface area contributed by atoms with Crippen molar-refractivity contribution in [1.82, 2.24) is 4.90 Å². The highest BCUT2D eigenvalue weighted by Crippen LogP contribution is 2.17. The molecule has 0 saturated heterocycles. The van der Waals surface area contributed by atoms with Crippen molar-refractivity contribution in [2.75, 3.05) is 19.7 Å². The van der Waals surface area contributed by atoms with Crippen LogP contribution in [-0.4, -0.2) is 30.6 Å². The summed E-state index contributed by atoms with van der Waals surface area (Å²) in [4.78, 5) is 2.08. The van der Waals surface area contributed by atoms with Gasteiger partial charge in [0.05, 0.1) is 12.6 Å². The minimum absolute atomic E-state index is 0.362. The Morgan fingerprint density at radius 1 is 1.47 bits per heavy atom. The molecule has 0 radical (unpaired) electrons. The van der Waals surface area contributed by atoms with Crippen LogP contribution in [0.1, 0.15) is 13.8 Å². The lowest BCUT2D eigenvalue weighted by Gasteiger charge is -2.23. The van der Waals surface area contributed by atoms with E-state index in [0.29, 0.717) is 19.2 Å². The molecule has 0 spiro atoms. The largest absolute Gasteiger partial charge is 0.492 e. The Morgan fingerprint density at radius 2 is 2.24 bits per heavy atom.